The highest BCUT2D eigenvalue weighted by Gasteiger charge is 2.48. The van der Waals surface area contributed by atoms with Gasteiger partial charge in [0.15, 0.2) is 0 Å². The van der Waals surface area contributed by atoms with Crippen molar-refractivity contribution in [3.8, 4) is 5.75 Å². The number of ether oxygens (including phenoxy) is 1. The maximum atomic E-state index is 12.8. The summed E-state index contributed by atoms with van der Waals surface area (Å²) in [7, 11) is 0. The molecule has 1 heterocycles. The van der Waals surface area contributed by atoms with Crippen LogP contribution in [-0.4, -0.2) is 30.0 Å². The van der Waals surface area contributed by atoms with Gasteiger partial charge in [-0.2, -0.15) is 0 Å². The lowest BCUT2D eigenvalue weighted by molar-refractivity contribution is -0.131. The molecule has 0 aromatic heterocycles. The topological polar surface area (TPSA) is 58.6 Å². The summed E-state index contributed by atoms with van der Waals surface area (Å²) in [5.41, 5.74) is -0.348. The Labute approximate surface area is 139 Å². The van der Waals surface area contributed by atoms with Gasteiger partial charge in [0, 0.05) is 0 Å². The van der Waals surface area contributed by atoms with Crippen LogP contribution in [0.15, 0.2) is 54.6 Å². The van der Waals surface area contributed by atoms with Crippen molar-refractivity contribution in [1.82, 2.24) is 10.2 Å². The molecule has 0 bridgehead atoms. The molecule has 0 spiro atoms. The van der Waals surface area contributed by atoms with E-state index < -0.39 is 11.6 Å². The smallest absolute Gasteiger partial charge is 0.325 e. The molecule has 0 saturated carbocycles. The Morgan fingerprint density at radius 2 is 1.75 bits per heavy atom. The first-order valence-corrected chi connectivity index (χ1v) is 7.59. The minimum Gasteiger partial charge on any atom is -0.492 e. The number of nitrogens with zero attached hydrogens (tertiary/aromatic N) is 1. The summed E-state index contributed by atoms with van der Waals surface area (Å²) in [6.45, 7) is 1.93. The molecule has 2 aromatic rings. The van der Waals surface area contributed by atoms with Gasteiger partial charge in [-0.25, -0.2) is 9.18 Å². The number of nitrogens with one attached hydrogen (secondary N) is 1. The predicted octanol–water partition coefficient (Wildman–Crippen LogP) is 2.67. The summed E-state index contributed by atoms with van der Waals surface area (Å²) >= 11 is 0. The molecule has 3 amide bonds. The number of carbonyl (C=O) groups is 2. The fourth-order valence-electron chi connectivity index (χ4n) is 2.65. The van der Waals surface area contributed by atoms with Crippen molar-refractivity contribution in [2.24, 2.45) is 0 Å². The number of benzene rings is 2. The van der Waals surface area contributed by atoms with E-state index in [9.17, 15) is 14.0 Å². The molecule has 124 valence electrons. The van der Waals surface area contributed by atoms with Crippen LogP contribution in [0.3, 0.4) is 0 Å². The van der Waals surface area contributed by atoms with Crippen molar-refractivity contribution in [2.75, 3.05) is 13.2 Å². The van der Waals surface area contributed by atoms with Crippen LogP contribution in [-0.2, 0) is 10.3 Å². The molecule has 5 nitrogen and oxygen atoms in total. The number of hydrogen-bond acceptors (Lipinski definition) is 3. The lowest BCUT2D eigenvalue weighted by Crippen LogP contribution is -2.41. The summed E-state index contributed by atoms with van der Waals surface area (Å²) in [6, 6.07) is 14.2. The van der Waals surface area contributed by atoms with Crippen molar-refractivity contribution in [2.45, 2.75) is 12.5 Å². The highest BCUT2D eigenvalue weighted by molar-refractivity contribution is 6.07. The highest BCUT2D eigenvalue weighted by Crippen LogP contribution is 2.28. The zero-order chi connectivity index (χ0) is 17.2. The van der Waals surface area contributed by atoms with Crippen LogP contribution in [0.5, 0.6) is 5.75 Å². The van der Waals surface area contributed by atoms with E-state index in [0.29, 0.717) is 5.75 Å². The number of imide groups is 1. The van der Waals surface area contributed by atoms with E-state index in [0.717, 1.165) is 10.5 Å². The summed E-state index contributed by atoms with van der Waals surface area (Å²) in [5, 5.41) is 2.73. The Hall–Kier alpha value is -2.89. The molecule has 1 fully saturated rings. The van der Waals surface area contributed by atoms with Crippen LogP contribution >= 0.6 is 0 Å². The van der Waals surface area contributed by atoms with Gasteiger partial charge >= 0.3 is 6.03 Å². The average molecular weight is 328 g/mol. The van der Waals surface area contributed by atoms with Gasteiger partial charge < -0.3 is 10.1 Å². The van der Waals surface area contributed by atoms with Crippen molar-refractivity contribution >= 4 is 11.9 Å². The zero-order valence-electron chi connectivity index (χ0n) is 13.2. The summed E-state index contributed by atoms with van der Waals surface area (Å²) in [6.07, 6.45) is 0. The van der Waals surface area contributed by atoms with Crippen LogP contribution in [0.4, 0.5) is 9.18 Å². The second-order valence-corrected chi connectivity index (χ2v) is 5.68. The lowest BCUT2D eigenvalue weighted by atomic mass is 9.92. The van der Waals surface area contributed by atoms with E-state index in [1.54, 1.807) is 19.1 Å². The molecule has 1 aliphatic rings. The van der Waals surface area contributed by atoms with E-state index in [1.165, 1.54) is 24.3 Å². The molecular weight excluding hydrogens is 311 g/mol. The third-order valence-corrected chi connectivity index (χ3v) is 4.02. The number of rotatable bonds is 5. The van der Waals surface area contributed by atoms with Crippen LogP contribution in [0.25, 0.3) is 0 Å². The molecule has 0 radical (unpaired) electrons. The minimum atomic E-state index is -1.08. The minimum absolute atomic E-state index is 0.116. The fraction of sp³-hybridized carbons (Fsp3) is 0.222. The molecule has 0 aliphatic carbocycles. The van der Waals surface area contributed by atoms with Gasteiger partial charge in [-0.05, 0) is 36.8 Å². The molecule has 1 aliphatic heterocycles. The first kappa shape index (κ1) is 16.0. The second-order valence-electron chi connectivity index (χ2n) is 5.68. The van der Waals surface area contributed by atoms with Crippen molar-refractivity contribution in [3.05, 3.63) is 66.0 Å². The summed E-state index contributed by atoms with van der Waals surface area (Å²) in [4.78, 5) is 25.9. The molecule has 3 rings (SSSR count). The highest BCUT2D eigenvalue weighted by atomic mass is 19.1. The van der Waals surface area contributed by atoms with Crippen LogP contribution in [0.2, 0.25) is 0 Å². The average Bonchev–Trinajstić information content (AvgIpc) is 2.81. The lowest BCUT2D eigenvalue weighted by Gasteiger charge is -2.22. The molecule has 2 aromatic carbocycles. The Balaban J connectivity index is 1.65. The fourth-order valence-corrected chi connectivity index (χ4v) is 2.65. The van der Waals surface area contributed by atoms with Crippen LogP contribution < -0.4 is 10.1 Å². The quantitative estimate of drug-likeness (QED) is 0.859. The number of hydrogen-bond donors (Lipinski definition) is 1. The number of urea groups is 1. The van der Waals surface area contributed by atoms with Crippen LogP contribution in [0, 0.1) is 5.82 Å². The van der Waals surface area contributed by atoms with Crippen LogP contribution in [0.1, 0.15) is 12.5 Å². The van der Waals surface area contributed by atoms with E-state index in [1.807, 2.05) is 18.2 Å². The predicted molar refractivity (Wildman–Crippen MR) is 85.9 cm³/mol. The number of halogens is 1. The van der Waals surface area contributed by atoms with Crippen molar-refractivity contribution in [3.63, 3.8) is 0 Å². The second kappa shape index (κ2) is 6.31. The van der Waals surface area contributed by atoms with Gasteiger partial charge in [-0.3, -0.25) is 9.69 Å². The van der Waals surface area contributed by atoms with Gasteiger partial charge in [0.2, 0.25) is 0 Å². The third kappa shape index (κ3) is 2.95. The number of amides is 3. The largest absolute Gasteiger partial charge is 0.492 e. The first-order valence-electron chi connectivity index (χ1n) is 7.59. The Morgan fingerprint density at radius 3 is 2.42 bits per heavy atom. The molecule has 1 N–H and O–H groups in total. The monoisotopic (exact) mass is 328 g/mol. The Bertz CT molecular complexity index is 749. The summed E-state index contributed by atoms with van der Waals surface area (Å²) < 4.78 is 18.3. The van der Waals surface area contributed by atoms with Gasteiger partial charge in [-0.15, -0.1) is 0 Å². The van der Waals surface area contributed by atoms with Gasteiger partial charge in [0.1, 0.15) is 23.7 Å². The van der Waals surface area contributed by atoms with E-state index in [-0.39, 0.29) is 24.9 Å². The van der Waals surface area contributed by atoms with Crippen molar-refractivity contribution < 1.29 is 18.7 Å². The molecule has 1 saturated heterocycles. The van der Waals surface area contributed by atoms with Gasteiger partial charge in [-0.1, -0.05) is 30.3 Å². The normalized spacial score (nSPS) is 20.2. The Kier molecular flexibility index (Phi) is 4.20. The maximum absolute atomic E-state index is 12.8. The standard InChI is InChI=1S/C18H17FN2O3/c1-18(13-5-3-2-4-6-13)16(22)21(17(23)20-18)11-12-24-15-9-7-14(19)8-10-15/h2-10H,11-12H2,1H3,(H,20,23). The first-order chi connectivity index (χ1) is 11.5. The maximum Gasteiger partial charge on any atom is 0.325 e. The molecule has 1 unspecified atom stereocenters. The Morgan fingerprint density at radius 1 is 1.08 bits per heavy atom. The molecule has 24 heavy (non-hydrogen) atoms. The van der Waals surface area contributed by atoms with E-state index in [4.69, 9.17) is 4.74 Å². The summed E-state index contributed by atoms with van der Waals surface area (Å²) in [5.74, 6) is -0.189. The van der Waals surface area contributed by atoms with Gasteiger partial charge in [0.05, 0.1) is 6.54 Å². The van der Waals surface area contributed by atoms with Gasteiger partial charge in [0.25, 0.3) is 5.91 Å². The molecular formula is C18H17FN2O3. The molecule has 6 heteroatoms. The van der Waals surface area contributed by atoms with Crippen molar-refractivity contribution in [1.29, 1.82) is 0 Å². The third-order valence-electron chi connectivity index (χ3n) is 4.02. The molecule has 1 atom stereocenters. The van der Waals surface area contributed by atoms with E-state index >= 15 is 0 Å². The van der Waals surface area contributed by atoms with E-state index in [2.05, 4.69) is 5.32 Å². The zero-order valence-corrected chi connectivity index (χ0v) is 13.2. The SMILES string of the molecule is CC1(c2ccccc2)NC(=O)N(CCOc2ccc(F)cc2)C1=O. The number of carbonyl (C=O) groups excluding carboxylic acids is 2.